The van der Waals surface area contributed by atoms with Crippen molar-refractivity contribution in [2.24, 2.45) is 5.92 Å². The predicted octanol–water partition coefficient (Wildman–Crippen LogP) is 5.06. The Morgan fingerprint density at radius 1 is 0.789 bits per heavy atom. The van der Waals surface area contributed by atoms with Gasteiger partial charge in [0, 0.05) is 0 Å². The topological polar surface area (TPSA) is 0 Å². The fourth-order valence-corrected chi connectivity index (χ4v) is 2.47. The van der Waals surface area contributed by atoms with Crippen LogP contribution in [0.2, 0.25) is 0 Å². The third-order valence-corrected chi connectivity index (χ3v) is 3.78. The highest BCUT2D eigenvalue weighted by Crippen LogP contribution is 2.15. The predicted molar refractivity (Wildman–Crippen MR) is 83.5 cm³/mol. The van der Waals surface area contributed by atoms with Crippen LogP contribution in [0.1, 0.15) is 37.0 Å². The molecule has 0 radical (unpaired) electrons. The zero-order valence-electron chi connectivity index (χ0n) is 12.1. The van der Waals surface area contributed by atoms with Crippen LogP contribution in [-0.4, -0.2) is 0 Å². The van der Waals surface area contributed by atoms with Gasteiger partial charge in [-0.25, -0.2) is 0 Å². The third kappa shape index (κ3) is 4.55. The molecule has 0 aliphatic rings. The molecular weight excluding hydrogens is 228 g/mol. The molecule has 0 saturated heterocycles. The first kappa shape index (κ1) is 13.9. The largest absolute Gasteiger partial charge is 0.0622 e. The van der Waals surface area contributed by atoms with Crippen molar-refractivity contribution in [2.75, 3.05) is 0 Å². The molecule has 0 aliphatic heterocycles. The van der Waals surface area contributed by atoms with E-state index in [0.717, 1.165) is 12.3 Å². The molecule has 0 nitrogen and oxygen atoms in total. The molecule has 0 fully saturated rings. The summed E-state index contributed by atoms with van der Waals surface area (Å²) in [5, 5.41) is 0. The summed E-state index contributed by atoms with van der Waals surface area (Å²) < 4.78 is 0. The molecule has 0 amide bonds. The van der Waals surface area contributed by atoms with E-state index in [1.807, 2.05) is 0 Å². The Morgan fingerprint density at radius 2 is 1.42 bits per heavy atom. The SMILES string of the molecule is CCc1ccc(CCC(C)Cc2ccccc2)cc1. The van der Waals surface area contributed by atoms with Gasteiger partial charge in [-0.1, -0.05) is 68.4 Å². The minimum atomic E-state index is 0.744. The number of benzene rings is 2. The summed E-state index contributed by atoms with van der Waals surface area (Å²) >= 11 is 0. The Morgan fingerprint density at radius 3 is 2.05 bits per heavy atom. The molecule has 19 heavy (non-hydrogen) atoms. The van der Waals surface area contributed by atoms with Crippen LogP contribution in [0, 0.1) is 5.92 Å². The standard InChI is InChI=1S/C19H24/c1-3-17-11-13-18(14-12-17)10-9-16(2)15-19-7-5-4-6-8-19/h4-8,11-14,16H,3,9-10,15H2,1-2H3. The molecule has 0 aromatic heterocycles. The monoisotopic (exact) mass is 252 g/mol. The highest BCUT2D eigenvalue weighted by molar-refractivity contribution is 5.22. The van der Waals surface area contributed by atoms with Crippen LogP contribution in [0.15, 0.2) is 54.6 Å². The minimum Gasteiger partial charge on any atom is -0.0622 e. The third-order valence-electron chi connectivity index (χ3n) is 3.78. The molecule has 0 heterocycles. The summed E-state index contributed by atoms with van der Waals surface area (Å²) in [5.74, 6) is 0.744. The molecule has 1 atom stereocenters. The van der Waals surface area contributed by atoms with E-state index in [0.29, 0.717) is 0 Å². The van der Waals surface area contributed by atoms with Crippen LogP contribution in [0.3, 0.4) is 0 Å². The maximum Gasteiger partial charge on any atom is -0.0253 e. The van der Waals surface area contributed by atoms with Crippen molar-refractivity contribution in [3.05, 3.63) is 71.3 Å². The van der Waals surface area contributed by atoms with Crippen LogP contribution in [0.5, 0.6) is 0 Å². The summed E-state index contributed by atoms with van der Waals surface area (Å²) in [6.07, 6.45) is 4.77. The van der Waals surface area contributed by atoms with Crippen molar-refractivity contribution < 1.29 is 0 Å². The van der Waals surface area contributed by atoms with Gasteiger partial charge in [-0.2, -0.15) is 0 Å². The second kappa shape index (κ2) is 7.13. The first-order chi connectivity index (χ1) is 9.28. The Hall–Kier alpha value is -1.56. The van der Waals surface area contributed by atoms with Gasteiger partial charge in [0.15, 0.2) is 0 Å². The number of hydrogen-bond donors (Lipinski definition) is 0. The zero-order chi connectivity index (χ0) is 13.5. The molecule has 2 aromatic rings. The van der Waals surface area contributed by atoms with Crippen LogP contribution >= 0.6 is 0 Å². The molecule has 0 saturated carbocycles. The summed E-state index contributed by atoms with van der Waals surface area (Å²) in [6.45, 7) is 4.56. The van der Waals surface area contributed by atoms with Gasteiger partial charge in [0.2, 0.25) is 0 Å². The smallest absolute Gasteiger partial charge is 0.0253 e. The molecule has 0 heteroatoms. The molecule has 2 aromatic carbocycles. The van der Waals surface area contributed by atoms with E-state index in [2.05, 4.69) is 68.4 Å². The molecule has 1 unspecified atom stereocenters. The van der Waals surface area contributed by atoms with E-state index in [1.54, 1.807) is 0 Å². The number of aryl methyl sites for hydroxylation is 2. The highest BCUT2D eigenvalue weighted by atomic mass is 14.1. The maximum absolute atomic E-state index is 2.35. The maximum atomic E-state index is 2.35. The molecular formula is C19H24. The second-order valence-electron chi connectivity index (χ2n) is 5.50. The lowest BCUT2D eigenvalue weighted by atomic mass is 9.94. The fraction of sp³-hybridized carbons (Fsp3) is 0.368. The van der Waals surface area contributed by atoms with Crippen LogP contribution in [0.25, 0.3) is 0 Å². The highest BCUT2D eigenvalue weighted by Gasteiger charge is 2.04. The summed E-state index contributed by atoms with van der Waals surface area (Å²) in [7, 11) is 0. The van der Waals surface area contributed by atoms with Crippen LogP contribution in [0.4, 0.5) is 0 Å². The first-order valence-electron chi connectivity index (χ1n) is 7.39. The van der Waals surface area contributed by atoms with Crippen molar-refractivity contribution in [1.29, 1.82) is 0 Å². The average Bonchev–Trinajstić information content (AvgIpc) is 2.47. The number of rotatable bonds is 6. The Kier molecular flexibility index (Phi) is 5.20. The average molecular weight is 252 g/mol. The van der Waals surface area contributed by atoms with Crippen LogP contribution in [-0.2, 0) is 19.3 Å². The van der Waals surface area contributed by atoms with Crippen molar-refractivity contribution in [3.63, 3.8) is 0 Å². The lowest BCUT2D eigenvalue weighted by molar-refractivity contribution is 0.530. The Labute approximate surface area is 117 Å². The molecule has 0 aliphatic carbocycles. The molecule has 2 rings (SSSR count). The van der Waals surface area contributed by atoms with E-state index in [-0.39, 0.29) is 0 Å². The van der Waals surface area contributed by atoms with Gasteiger partial charge in [-0.15, -0.1) is 0 Å². The molecule has 0 spiro atoms. The normalized spacial score (nSPS) is 12.3. The van der Waals surface area contributed by atoms with E-state index in [1.165, 1.54) is 36.0 Å². The van der Waals surface area contributed by atoms with E-state index in [9.17, 15) is 0 Å². The van der Waals surface area contributed by atoms with Crippen molar-refractivity contribution in [2.45, 2.75) is 39.5 Å². The summed E-state index contributed by atoms with van der Waals surface area (Å²) in [4.78, 5) is 0. The Balaban J connectivity index is 1.81. The lowest BCUT2D eigenvalue weighted by Gasteiger charge is -2.11. The van der Waals surface area contributed by atoms with E-state index < -0.39 is 0 Å². The summed E-state index contributed by atoms with van der Waals surface area (Å²) in [5.41, 5.74) is 4.36. The van der Waals surface area contributed by atoms with Gasteiger partial charge in [-0.05, 0) is 48.3 Å². The van der Waals surface area contributed by atoms with Gasteiger partial charge in [0.25, 0.3) is 0 Å². The molecule has 0 N–H and O–H groups in total. The fourth-order valence-electron chi connectivity index (χ4n) is 2.47. The van der Waals surface area contributed by atoms with Gasteiger partial charge in [0.05, 0.1) is 0 Å². The lowest BCUT2D eigenvalue weighted by Crippen LogP contribution is -2.01. The van der Waals surface area contributed by atoms with Gasteiger partial charge in [0.1, 0.15) is 0 Å². The summed E-state index contributed by atoms with van der Waals surface area (Å²) in [6, 6.07) is 19.9. The Bertz CT molecular complexity index is 467. The molecule has 0 bridgehead atoms. The zero-order valence-corrected chi connectivity index (χ0v) is 12.1. The van der Waals surface area contributed by atoms with Crippen LogP contribution < -0.4 is 0 Å². The van der Waals surface area contributed by atoms with Crippen molar-refractivity contribution in [3.8, 4) is 0 Å². The molecule has 100 valence electrons. The second-order valence-corrected chi connectivity index (χ2v) is 5.50. The van der Waals surface area contributed by atoms with Gasteiger partial charge >= 0.3 is 0 Å². The van der Waals surface area contributed by atoms with Gasteiger partial charge < -0.3 is 0 Å². The minimum absolute atomic E-state index is 0.744. The van der Waals surface area contributed by atoms with E-state index >= 15 is 0 Å². The quantitative estimate of drug-likeness (QED) is 0.674. The van der Waals surface area contributed by atoms with Gasteiger partial charge in [-0.3, -0.25) is 0 Å². The van der Waals surface area contributed by atoms with Crippen molar-refractivity contribution in [1.82, 2.24) is 0 Å². The number of hydrogen-bond acceptors (Lipinski definition) is 0. The van der Waals surface area contributed by atoms with E-state index in [4.69, 9.17) is 0 Å². The first-order valence-corrected chi connectivity index (χ1v) is 7.39. The van der Waals surface area contributed by atoms with Crippen molar-refractivity contribution >= 4 is 0 Å².